The minimum absolute atomic E-state index is 0.888. The number of aryl methyl sites for hydroxylation is 2. The largest absolute Gasteiger partial charge is 0.371 e. The molecule has 0 atom stereocenters. The first-order valence-electron chi connectivity index (χ1n) is 7.38. The lowest BCUT2D eigenvalue weighted by atomic mass is 9.94. The van der Waals surface area contributed by atoms with E-state index in [0.717, 1.165) is 5.92 Å². The maximum absolute atomic E-state index is 3.46. The molecule has 0 spiro atoms. The maximum Gasteiger partial charge on any atom is 0.0399 e. The summed E-state index contributed by atoms with van der Waals surface area (Å²) >= 11 is 0. The Labute approximate surface area is 110 Å². The van der Waals surface area contributed by atoms with Crippen LogP contribution in [-0.4, -0.2) is 26.2 Å². The Morgan fingerprint density at radius 2 is 2.11 bits per heavy atom. The Morgan fingerprint density at radius 1 is 1.28 bits per heavy atom. The quantitative estimate of drug-likeness (QED) is 0.860. The molecule has 2 heterocycles. The van der Waals surface area contributed by atoms with Gasteiger partial charge in [0, 0.05) is 18.8 Å². The van der Waals surface area contributed by atoms with Crippen LogP contribution in [0.15, 0.2) is 18.2 Å². The molecular formula is C16H24N2. The van der Waals surface area contributed by atoms with Crippen LogP contribution in [0.4, 0.5) is 5.69 Å². The van der Waals surface area contributed by atoms with Gasteiger partial charge in [0.2, 0.25) is 0 Å². The topological polar surface area (TPSA) is 15.3 Å². The van der Waals surface area contributed by atoms with E-state index in [-0.39, 0.29) is 0 Å². The van der Waals surface area contributed by atoms with Crippen molar-refractivity contribution in [2.45, 2.75) is 32.6 Å². The lowest BCUT2D eigenvalue weighted by Gasteiger charge is -2.35. The zero-order valence-electron chi connectivity index (χ0n) is 11.4. The van der Waals surface area contributed by atoms with E-state index in [1.54, 1.807) is 5.56 Å². The second-order valence-corrected chi connectivity index (χ2v) is 5.88. The molecule has 0 bridgehead atoms. The Hall–Kier alpha value is -1.02. The summed E-state index contributed by atoms with van der Waals surface area (Å²) in [6, 6.07) is 6.98. The van der Waals surface area contributed by atoms with Gasteiger partial charge in [0.15, 0.2) is 0 Å². The summed E-state index contributed by atoms with van der Waals surface area (Å²) in [6.45, 7) is 7.13. The van der Waals surface area contributed by atoms with Gasteiger partial charge in [-0.25, -0.2) is 0 Å². The minimum Gasteiger partial charge on any atom is -0.371 e. The number of benzene rings is 1. The van der Waals surface area contributed by atoms with Crippen molar-refractivity contribution in [1.29, 1.82) is 0 Å². The predicted octanol–water partition coefficient (Wildman–Crippen LogP) is 2.75. The van der Waals surface area contributed by atoms with Gasteiger partial charge in [-0.15, -0.1) is 0 Å². The molecule has 1 N–H and O–H groups in total. The summed E-state index contributed by atoms with van der Waals surface area (Å²) in [5.74, 6) is 0.888. The first kappa shape index (κ1) is 12.0. The highest BCUT2D eigenvalue weighted by Gasteiger charge is 2.21. The lowest BCUT2D eigenvalue weighted by Crippen LogP contribution is -2.38. The average Bonchev–Trinajstić information content (AvgIpc) is 2.40. The number of anilines is 1. The third-order valence-electron chi connectivity index (χ3n) is 4.39. The maximum atomic E-state index is 3.46. The van der Waals surface area contributed by atoms with Crippen LogP contribution in [0.2, 0.25) is 0 Å². The molecule has 0 radical (unpaired) electrons. The van der Waals surface area contributed by atoms with Crippen molar-refractivity contribution in [3.05, 3.63) is 29.3 Å². The Kier molecular flexibility index (Phi) is 3.55. The molecule has 2 nitrogen and oxygen atoms in total. The molecular weight excluding hydrogens is 220 g/mol. The highest BCUT2D eigenvalue weighted by atomic mass is 15.1. The summed E-state index contributed by atoms with van der Waals surface area (Å²) in [6.07, 6.45) is 5.27. The summed E-state index contributed by atoms with van der Waals surface area (Å²) in [5.41, 5.74) is 4.47. The number of fused-ring (bicyclic) bond motifs is 1. The number of nitrogens with zero attached hydrogens (tertiary/aromatic N) is 1. The highest BCUT2D eigenvalue weighted by Crippen LogP contribution is 2.29. The second-order valence-electron chi connectivity index (χ2n) is 5.88. The Balaban J connectivity index is 1.74. The van der Waals surface area contributed by atoms with Crippen LogP contribution in [0.1, 0.15) is 30.4 Å². The van der Waals surface area contributed by atoms with Crippen molar-refractivity contribution in [3.8, 4) is 0 Å². The van der Waals surface area contributed by atoms with Crippen molar-refractivity contribution in [3.63, 3.8) is 0 Å². The Morgan fingerprint density at radius 3 is 2.94 bits per heavy atom. The predicted molar refractivity (Wildman–Crippen MR) is 77.3 cm³/mol. The van der Waals surface area contributed by atoms with E-state index in [1.165, 1.54) is 63.1 Å². The van der Waals surface area contributed by atoms with Gasteiger partial charge in [0.1, 0.15) is 0 Å². The zero-order valence-corrected chi connectivity index (χ0v) is 11.4. The van der Waals surface area contributed by atoms with Crippen molar-refractivity contribution in [2.24, 2.45) is 5.92 Å². The van der Waals surface area contributed by atoms with Crippen LogP contribution in [-0.2, 0) is 6.42 Å². The molecule has 1 fully saturated rings. The summed E-state index contributed by atoms with van der Waals surface area (Å²) < 4.78 is 0. The molecule has 3 rings (SSSR count). The smallest absolute Gasteiger partial charge is 0.0399 e. The van der Waals surface area contributed by atoms with Crippen LogP contribution in [0.25, 0.3) is 0 Å². The van der Waals surface area contributed by atoms with Gasteiger partial charge in [0.25, 0.3) is 0 Å². The lowest BCUT2D eigenvalue weighted by molar-refractivity contribution is 0.371. The van der Waals surface area contributed by atoms with E-state index in [4.69, 9.17) is 0 Å². The van der Waals surface area contributed by atoms with Gasteiger partial charge >= 0.3 is 0 Å². The molecule has 0 saturated carbocycles. The molecule has 0 aliphatic carbocycles. The number of rotatable bonds is 2. The first-order valence-corrected chi connectivity index (χ1v) is 7.38. The first-order chi connectivity index (χ1) is 8.83. The fourth-order valence-electron chi connectivity index (χ4n) is 3.37. The molecule has 18 heavy (non-hydrogen) atoms. The van der Waals surface area contributed by atoms with Gasteiger partial charge in [-0.1, -0.05) is 17.7 Å². The molecule has 2 aliphatic heterocycles. The number of hydrogen-bond acceptors (Lipinski definition) is 2. The van der Waals surface area contributed by atoms with Gasteiger partial charge < -0.3 is 10.2 Å². The van der Waals surface area contributed by atoms with E-state index in [9.17, 15) is 0 Å². The third-order valence-corrected chi connectivity index (χ3v) is 4.39. The minimum atomic E-state index is 0.888. The van der Waals surface area contributed by atoms with Crippen LogP contribution >= 0.6 is 0 Å². The van der Waals surface area contributed by atoms with Crippen molar-refractivity contribution >= 4 is 5.69 Å². The van der Waals surface area contributed by atoms with E-state index in [0.29, 0.717) is 0 Å². The van der Waals surface area contributed by atoms with E-state index < -0.39 is 0 Å². The molecule has 1 aromatic carbocycles. The zero-order chi connectivity index (χ0) is 12.4. The SMILES string of the molecule is Cc1ccc2c(c1)CCCN2CC1CCNCC1. The van der Waals surface area contributed by atoms with Gasteiger partial charge in [-0.3, -0.25) is 0 Å². The number of nitrogens with one attached hydrogen (secondary N) is 1. The molecule has 0 aromatic heterocycles. The van der Waals surface area contributed by atoms with Crippen LogP contribution in [0.3, 0.4) is 0 Å². The van der Waals surface area contributed by atoms with Crippen LogP contribution in [0, 0.1) is 12.8 Å². The molecule has 2 heteroatoms. The molecule has 0 amide bonds. The van der Waals surface area contributed by atoms with Crippen LogP contribution in [0.5, 0.6) is 0 Å². The molecule has 1 aromatic rings. The summed E-state index contributed by atoms with van der Waals surface area (Å²) in [7, 11) is 0. The molecule has 0 unspecified atom stereocenters. The highest BCUT2D eigenvalue weighted by molar-refractivity contribution is 5.56. The van der Waals surface area contributed by atoms with E-state index >= 15 is 0 Å². The van der Waals surface area contributed by atoms with Crippen molar-refractivity contribution in [2.75, 3.05) is 31.1 Å². The standard InChI is InChI=1S/C16H24N2/c1-13-4-5-16-15(11-13)3-2-10-18(16)12-14-6-8-17-9-7-14/h4-5,11,14,17H,2-3,6-10,12H2,1H3. The van der Waals surface area contributed by atoms with E-state index in [2.05, 4.69) is 35.3 Å². The van der Waals surface area contributed by atoms with Gasteiger partial charge in [-0.2, -0.15) is 0 Å². The normalized spacial score (nSPS) is 20.8. The Bertz CT molecular complexity index is 408. The van der Waals surface area contributed by atoms with E-state index in [1.807, 2.05) is 0 Å². The van der Waals surface area contributed by atoms with Crippen molar-refractivity contribution in [1.82, 2.24) is 5.32 Å². The number of piperidine rings is 1. The van der Waals surface area contributed by atoms with Crippen LogP contribution < -0.4 is 10.2 Å². The molecule has 2 aliphatic rings. The summed E-state index contributed by atoms with van der Waals surface area (Å²) in [4.78, 5) is 2.63. The summed E-state index contributed by atoms with van der Waals surface area (Å²) in [5, 5.41) is 3.46. The fraction of sp³-hybridized carbons (Fsp3) is 0.625. The molecule has 1 saturated heterocycles. The second kappa shape index (κ2) is 5.31. The number of hydrogen-bond donors (Lipinski definition) is 1. The average molecular weight is 244 g/mol. The third kappa shape index (κ3) is 2.54. The van der Waals surface area contributed by atoms with Gasteiger partial charge in [-0.05, 0) is 63.2 Å². The monoisotopic (exact) mass is 244 g/mol. The molecule has 98 valence electrons. The van der Waals surface area contributed by atoms with Crippen molar-refractivity contribution < 1.29 is 0 Å². The fourth-order valence-corrected chi connectivity index (χ4v) is 3.37. The van der Waals surface area contributed by atoms with Gasteiger partial charge in [0.05, 0.1) is 0 Å².